The molecule has 3 saturated carbocycles. The van der Waals surface area contributed by atoms with Gasteiger partial charge in [0.15, 0.2) is 0 Å². The molecular weight excluding hydrogens is 588 g/mol. The lowest BCUT2D eigenvalue weighted by Gasteiger charge is -2.38. The summed E-state index contributed by atoms with van der Waals surface area (Å²) in [5, 5.41) is 9.24. The van der Waals surface area contributed by atoms with E-state index in [2.05, 4.69) is 44.3 Å². The summed E-state index contributed by atoms with van der Waals surface area (Å²) in [6.45, 7) is 9.53. The number of ether oxygens (including phenoxy) is 3. The Labute approximate surface area is 284 Å². The molecule has 1 unspecified atom stereocenters. The van der Waals surface area contributed by atoms with Crippen molar-refractivity contribution in [2.45, 2.75) is 121 Å². The van der Waals surface area contributed by atoms with Crippen LogP contribution in [0.15, 0.2) is 48.6 Å². The molecule has 0 radical (unpaired) electrons. The fourth-order valence-electron chi connectivity index (χ4n) is 8.71. The summed E-state index contributed by atoms with van der Waals surface area (Å²) >= 11 is 0. The number of hydrogen-bond donors (Lipinski definition) is 1. The van der Waals surface area contributed by atoms with Crippen LogP contribution in [0.4, 0.5) is 0 Å². The van der Waals surface area contributed by atoms with Crippen molar-refractivity contribution >= 4 is 11.9 Å². The Kier molecular flexibility index (Phi) is 15.5. The number of methoxy groups -OCH3 is 1. The summed E-state index contributed by atoms with van der Waals surface area (Å²) in [6.07, 6.45) is 21.1. The fourth-order valence-corrected chi connectivity index (χ4v) is 8.71. The molecule has 262 valence electrons. The molecule has 0 heterocycles. The van der Waals surface area contributed by atoms with Crippen molar-refractivity contribution in [2.75, 3.05) is 33.5 Å². The van der Waals surface area contributed by atoms with Crippen LogP contribution in [0.25, 0.3) is 0 Å². The minimum absolute atomic E-state index is 0.0184. The highest BCUT2D eigenvalue weighted by Crippen LogP contribution is 2.45. The fraction of sp³-hybridized carbons (Fsp3) is 0.707. The molecule has 1 aromatic carbocycles. The first-order chi connectivity index (χ1) is 22.8. The lowest BCUT2D eigenvalue weighted by molar-refractivity contribution is -0.146. The van der Waals surface area contributed by atoms with Gasteiger partial charge in [-0.05, 0) is 111 Å². The van der Waals surface area contributed by atoms with E-state index in [-0.39, 0.29) is 42.8 Å². The number of aliphatic hydroxyl groups excluding tert-OH is 1. The van der Waals surface area contributed by atoms with Gasteiger partial charge in [-0.25, -0.2) is 9.59 Å². The van der Waals surface area contributed by atoms with E-state index in [1.54, 1.807) is 0 Å². The zero-order chi connectivity index (χ0) is 33.6. The number of esters is 2. The van der Waals surface area contributed by atoms with Gasteiger partial charge in [-0.3, -0.25) is 0 Å². The average molecular weight is 651 g/mol. The highest BCUT2D eigenvalue weighted by Gasteiger charge is 2.33. The normalized spacial score (nSPS) is 27.0. The van der Waals surface area contributed by atoms with Crippen LogP contribution in [0.3, 0.4) is 0 Å². The number of carbonyl (C=O) groups is 2. The smallest absolute Gasteiger partial charge is 0.335 e. The maximum Gasteiger partial charge on any atom is 0.335 e. The zero-order valence-corrected chi connectivity index (χ0v) is 29.4. The molecule has 1 aromatic rings. The Balaban J connectivity index is 1.23. The Bertz CT molecular complexity index is 1120. The van der Waals surface area contributed by atoms with Crippen molar-refractivity contribution in [3.05, 3.63) is 59.7 Å². The van der Waals surface area contributed by atoms with E-state index >= 15 is 0 Å². The van der Waals surface area contributed by atoms with Crippen LogP contribution < -0.4 is 0 Å². The summed E-state index contributed by atoms with van der Waals surface area (Å²) < 4.78 is 16.0. The van der Waals surface area contributed by atoms with E-state index in [1.165, 1.54) is 95.3 Å². The van der Waals surface area contributed by atoms with Gasteiger partial charge >= 0.3 is 11.9 Å². The first-order valence-corrected chi connectivity index (χ1v) is 18.7. The maximum absolute atomic E-state index is 12.4. The molecule has 1 atom stereocenters. The molecule has 0 aromatic heterocycles. The number of unbranched alkanes of at least 4 members (excludes halogenated alkanes) is 2. The van der Waals surface area contributed by atoms with Crippen LogP contribution in [-0.2, 0) is 23.8 Å². The number of aliphatic hydroxyl groups is 1. The van der Waals surface area contributed by atoms with Gasteiger partial charge in [-0.1, -0.05) is 82.9 Å². The van der Waals surface area contributed by atoms with Crippen LogP contribution in [0.1, 0.15) is 133 Å². The quantitative estimate of drug-likeness (QED) is 0.103. The molecule has 0 amide bonds. The Morgan fingerprint density at radius 1 is 0.745 bits per heavy atom. The first-order valence-electron chi connectivity index (χ1n) is 18.7. The maximum atomic E-state index is 12.4. The van der Waals surface area contributed by atoms with E-state index in [0.717, 1.165) is 43.4 Å². The van der Waals surface area contributed by atoms with Gasteiger partial charge in [0, 0.05) is 13.0 Å². The molecule has 0 spiro atoms. The summed E-state index contributed by atoms with van der Waals surface area (Å²) in [5.74, 6) is 3.16. The van der Waals surface area contributed by atoms with Crippen LogP contribution >= 0.6 is 0 Å². The van der Waals surface area contributed by atoms with Crippen molar-refractivity contribution in [3.63, 3.8) is 0 Å². The van der Waals surface area contributed by atoms with E-state index < -0.39 is 18.5 Å². The van der Waals surface area contributed by atoms with E-state index in [1.807, 2.05) is 0 Å². The second-order valence-electron chi connectivity index (χ2n) is 14.9. The first kappa shape index (κ1) is 37.4. The van der Waals surface area contributed by atoms with Gasteiger partial charge in [0.05, 0.1) is 37.6 Å². The molecule has 3 aliphatic rings. The number of benzene rings is 1. The van der Waals surface area contributed by atoms with Gasteiger partial charge in [0.2, 0.25) is 0 Å². The third-order valence-electron chi connectivity index (χ3n) is 11.8. The largest absolute Gasteiger partial charge is 0.462 e. The second kappa shape index (κ2) is 19.5. The Hall–Kier alpha value is -2.44. The SMILES string of the molecule is C=C(CO)C(=O)OCC(COC(=O)C(=C)COC)C1CCC(c2ccc(C3CCC(C4CCC(CCCCC)CC4)CC3)cc2)CC1. The average Bonchev–Trinajstić information content (AvgIpc) is 3.12. The van der Waals surface area contributed by atoms with Crippen molar-refractivity contribution in [1.29, 1.82) is 0 Å². The van der Waals surface area contributed by atoms with Crippen LogP contribution in [0.2, 0.25) is 0 Å². The molecule has 1 N–H and O–H groups in total. The lowest BCUT2D eigenvalue weighted by Crippen LogP contribution is -2.31. The van der Waals surface area contributed by atoms with Gasteiger partial charge in [-0.2, -0.15) is 0 Å². The molecule has 0 saturated heterocycles. The predicted molar refractivity (Wildman–Crippen MR) is 188 cm³/mol. The molecule has 6 heteroatoms. The van der Waals surface area contributed by atoms with Gasteiger partial charge in [0.25, 0.3) is 0 Å². The number of carbonyl (C=O) groups excluding carboxylic acids is 2. The summed E-state index contributed by atoms with van der Waals surface area (Å²) in [4.78, 5) is 24.6. The third kappa shape index (κ3) is 11.3. The van der Waals surface area contributed by atoms with Crippen molar-refractivity contribution < 1.29 is 28.9 Å². The zero-order valence-electron chi connectivity index (χ0n) is 29.4. The highest BCUT2D eigenvalue weighted by molar-refractivity contribution is 5.88. The van der Waals surface area contributed by atoms with Gasteiger partial charge < -0.3 is 19.3 Å². The van der Waals surface area contributed by atoms with Crippen LogP contribution in [0, 0.1) is 29.6 Å². The molecule has 0 aliphatic heterocycles. The van der Waals surface area contributed by atoms with E-state index in [9.17, 15) is 14.7 Å². The monoisotopic (exact) mass is 650 g/mol. The molecule has 4 rings (SSSR count). The Morgan fingerprint density at radius 2 is 1.23 bits per heavy atom. The molecular formula is C41H62O6. The minimum Gasteiger partial charge on any atom is -0.462 e. The summed E-state index contributed by atoms with van der Waals surface area (Å²) in [5.41, 5.74) is 3.21. The second-order valence-corrected chi connectivity index (χ2v) is 14.9. The predicted octanol–water partition coefficient (Wildman–Crippen LogP) is 9.07. The van der Waals surface area contributed by atoms with Crippen LogP contribution in [0.5, 0.6) is 0 Å². The molecule has 47 heavy (non-hydrogen) atoms. The molecule has 0 bridgehead atoms. The van der Waals surface area contributed by atoms with E-state index in [0.29, 0.717) is 11.8 Å². The lowest BCUT2D eigenvalue weighted by atomic mass is 9.68. The van der Waals surface area contributed by atoms with Crippen molar-refractivity contribution in [3.8, 4) is 0 Å². The molecule has 6 nitrogen and oxygen atoms in total. The number of rotatable bonds is 17. The third-order valence-corrected chi connectivity index (χ3v) is 11.8. The van der Waals surface area contributed by atoms with Crippen LogP contribution in [-0.4, -0.2) is 50.6 Å². The minimum atomic E-state index is -0.616. The summed E-state index contributed by atoms with van der Waals surface area (Å²) in [6, 6.07) is 9.54. The van der Waals surface area contributed by atoms with Gasteiger partial charge in [0.1, 0.15) is 0 Å². The standard InChI is InChI=1S/C41H62O6/c1-5-6-7-8-31-9-11-32(12-10-31)33-13-15-34(16-14-33)35-17-19-36(20-18-35)37-21-23-38(24-22-37)39(27-46-40(43)29(2)25-42)28-47-41(44)30(3)26-45-4/h17-20,31-34,37-39,42H,2-3,5-16,21-28H2,1,4H3. The Morgan fingerprint density at radius 3 is 1.72 bits per heavy atom. The highest BCUT2D eigenvalue weighted by atomic mass is 16.5. The van der Waals surface area contributed by atoms with Crippen molar-refractivity contribution in [1.82, 2.24) is 0 Å². The van der Waals surface area contributed by atoms with Gasteiger partial charge in [-0.15, -0.1) is 0 Å². The summed E-state index contributed by atoms with van der Waals surface area (Å²) in [7, 11) is 1.51. The molecule has 3 fully saturated rings. The van der Waals surface area contributed by atoms with E-state index in [4.69, 9.17) is 14.2 Å². The molecule has 3 aliphatic carbocycles. The van der Waals surface area contributed by atoms with Crippen molar-refractivity contribution in [2.24, 2.45) is 29.6 Å². The topological polar surface area (TPSA) is 82.1 Å². The number of hydrogen-bond acceptors (Lipinski definition) is 6.